The Kier molecular flexibility index (Phi) is 2.40. The van der Waals surface area contributed by atoms with Crippen molar-refractivity contribution in [2.24, 2.45) is 0 Å². The highest BCUT2D eigenvalue weighted by molar-refractivity contribution is 5.82. The molecular formula is C13H16O. The minimum atomic E-state index is 0.151. The van der Waals surface area contributed by atoms with E-state index in [4.69, 9.17) is 0 Å². The topological polar surface area (TPSA) is 17.1 Å². The summed E-state index contributed by atoms with van der Waals surface area (Å²) in [6, 6.07) is 10.5. The van der Waals surface area contributed by atoms with Gasteiger partial charge in [0.25, 0.3) is 0 Å². The Morgan fingerprint density at radius 2 is 2.00 bits per heavy atom. The first-order chi connectivity index (χ1) is 6.77. The van der Waals surface area contributed by atoms with E-state index < -0.39 is 0 Å². The maximum absolute atomic E-state index is 11.4. The van der Waals surface area contributed by atoms with Gasteiger partial charge in [-0.05, 0) is 18.4 Å². The van der Waals surface area contributed by atoms with Crippen molar-refractivity contribution >= 4 is 5.78 Å². The molecule has 1 saturated carbocycles. The average Bonchev–Trinajstić information content (AvgIpc) is 2.63. The zero-order chi connectivity index (χ0) is 10.0. The predicted octanol–water partition coefficient (Wildman–Crippen LogP) is 3.09. The van der Waals surface area contributed by atoms with Crippen LogP contribution in [0.15, 0.2) is 30.3 Å². The first kappa shape index (κ1) is 9.45. The standard InChI is InChI=1S/C13H16O/c1-2-13(9-8-12(14)10-13)11-6-4-3-5-7-11/h3-7H,2,8-10H2,1H3. The van der Waals surface area contributed by atoms with Crippen LogP contribution < -0.4 is 0 Å². The summed E-state index contributed by atoms with van der Waals surface area (Å²) in [7, 11) is 0. The van der Waals surface area contributed by atoms with Gasteiger partial charge in [-0.2, -0.15) is 0 Å². The van der Waals surface area contributed by atoms with Crippen LogP contribution in [0.4, 0.5) is 0 Å². The van der Waals surface area contributed by atoms with E-state index in [1.54, 1.807) is 0 Å². The van der Waals surface area contributed by atoms with Gasteiger partial charge in [-0.1, -0.05) is 37.3 Å². The Bertz CT molecular complexity index is 328. The van der Waals surface area contributed by atoms with E-state index in [2.05, 4.69) is 31.2 Å². The van der Waals surface area contributed by atoms with Crippen LogP contribution in [0, 0.1) is 0 Å². The van der Waals surface area contributed by atoms with Gasteiger partial charge < -0.3 is 0 Å². The smallest absolute Gasteiger partial charge is 0.133 e. The van der Waals surface area contributed by atoms with Crippen LogP contribution in [0.1, 0.15) is 38.2 Å². The molecule has 0 aliphatic heterocycles. The largest absolute Gasteiger partial charge is 0.300 e. The van der Waals surface area contributed by atoms with Crippen molar-refractivity contribution < 1.29 is 4.79 Å². The molecule has 0 N–H and O–H groups in total. The quantitative estimate of drug-likeness (QED) is 0.697. The fourth-order valence-electron chi connectivity index (χ4n) is 2.48. The van der Waals surface area contributed by atoms with Crippen molar-refractivity contribution in [1.82, 2.24) is 0 Å². The number of carbonyl (C=O) groups excluding carboxylic acids is 1. The Morgan fingerprint density at radius 1 is 1.29 bits per heavy atom. The van der Waals surface area contributed by atoms with Gasteiger partial charge in [0.15, 0.2) is 0 Å². The number of hydrogen-bond acceptors (Lipinski definition) is 1. The summed E-state index contributed by atoms with van der Waals surface area (Å²) >= 11 is 0. The zero-order valence-electron chi connectivity index (χ0n) is 8.62. The molecule has 0 saturated heterocycles. The second-order valence-electron chi connectivity index (χ2n) is 4.22. The summed E-state index contributed by atoms with van der Waals surface area (Å²) in [4.78, 5) is 11.4. The summed E-state index contributed by atoms with van der Waals surface area (Å²) in [6.45, 7) is 2.19. The molecule has 1 aromatic carbocycles. The summed E-state index contributed by atoms with van der Waals surface area (Å²) in [6.07, 6.45) is 3.62. The highest BCUT2D eigenvalue weighted by atomic mass is 16.1. The maximum atomic E-state index is 11.4. The maximum Gasteiger partial charge on any atom is 0.133 e. The molecule has 0 radical (unpaired) electrons. The molecule has 0 aromatic heterocycles. The lowest BCUT2D eigenvalue weighted by molar-refractivity contribution is -0.117. The molecular weight excluding hydrogens is 172 g/mol. The Labute approximate surface area is 85.1 Å². The number of hydrogen-bond donors (Lipinski definition) is 0. The van der Waals surface area contributed by atoms with Gasteiger partial charge in [-0.25, -0.2) is 0 Å². The van der Waals surface area contributed by atoms with Crippen LogP contribution in [-0.4, -0.2) is 5.78 Å². The minimum Gasteiger partial charge on any atom is -0.300 e. The Hall–Kier alpha value is -1.11. The highest BCUT2D eigenvalue weighted by Gasteiger charge is 2.37. The number of rotatable bonds is 2. The van der Waals surface area contributed by atoms with E-state index in [0.29, 0.717) is 5.78 Å². The monoisotopic (exact) mass is 188 g/mol. The molecule has 14 heavy (non-hydrogen) atoms. The number of Topliss-reactive ketones (excluding diaryl/α,β-unsaturated/α-hetero) is 1. The van der Waals surface area contributed by atoms with E-state index in [1.165, 1.54) is 5.56 Å². The molecule has 2 rings (SSSR count). The van der Waals surface area contributed by atoms with Gasteiger partial charge >= 0.3 is 0 Å². The highest BCUT2D eigenvalue weighted by Crippen LogP contribution is 2.41. The van der Waals surface area contributed by atoms with Gasteiger partial charge in [-0.3, -0.25) is 4.79 Å². The van der Waals surface area contributed by atoms with Crippen molar-refractivity contribution in [1.29, 1.82) is 0 Å². The fourth-order valence-corrected chi connectivity index (χ4v) is 2.48. The molecule has 1 nitrogen and oxygen atoms in total. The fraction of sp³-hybridized carbons (Fsp3) is 0.462. The molecule has 0 spiro atoms. The third-order valence-electron chi connectivity index (χ3n) is 3.48. The van der Waals surface area contributed by atoms with E-state index in [-0.39, 0.29) is 5.41 Å². The van der Waals surface area contributed by atoms with Gasteiger partial charge in [0.05, 0.1) is 0 Å². The SMILES string of the molecule is CCC1(c2ccccc2)CCC(=O)C1. The molecule has 1 aliphatic carbocycles. The van der Waals surface area contributed by atoms with Crippen LogP contribution in [0.5, 0.6) is 0 Å². The Balaban J connectivity index is 2.34. The first-order valence-electron chi connectivity index (χ1n) is 5.34. The minimum absolute atomic E-state index is 0.151. The average molecular weight is 188 g/mol. The predicted molar refractivity (Wildman–Crippen MR) is 57.3 cm³/mol. The third kappa shape index (κ3) is 1.47. The van der Waals surface area contributed by atoms with Crippen LogP contribution in [-0.2, 0) is 10.2 Å². The van der Waals surface area contributed by atoms with Crippen molar-refractivity contribution in [2.45, 2.75) is 38.0 Å². The zero-order valence-corrected chi connectivity index (χ0v) is 8.62. The molecule has 1 aliphatic rings. The van der Waals surface area contributed by atoms with Gasteiger partial charge in [0.2, 0.25) is 0 Å². The normalized spacial score (nSPS) is 26.8. The van der Waals surface area contributed by atoms with Crippen molar-refractivity contribution in [3.05, 3.63) is 35.9 Å². The molecule has 0 amide bonds. The van der Waals surface area contributed by atoms with E-state index in [0.717, 1.165) is 25.7 Å². The second-order valence-corrected chi connectivity index (χ2v) is 4.22. The van der Waals surface area contributed by atoms with Gasteiger partial charge in [0.1, 0.15) is 5.78 Å². The van der Waals surface area contributed by atoms with Crippen molar-refractivity contribution in [2.75, 3.05) is 0 Å². The van der Waals surface area contributed by atoms with Crippen molar-refractivity contribution in [3.63, 3.8) is 0 Å². The van der Waals surface area contributed by atoms with E-state index >= 15 is 0 Å². The Morgan fingerprint density at radius 3 is 2.50 bits per heavy atom. The molecule has 1 heteroatoms. The van der Waals surface area contributed by atoms with Gasteiger partial charge in [-0.15, -0.1) is 0 Å². The molecule has 0 heterocycles. The van der Waals surface area contributed by atoms with E-state index in [1.807, 2.05) is 6.07 Å². The number of ketones is 1. The summed E-state index contributed by atoms with van der Waals surface area (Å²) in [5.74, 6) is 0.427. The number of carbonyl (C=O) groups is 1. The summed E-state index contributed by atoms with van der Waals surface area (Å²) in [5, 5.41) is 0. The lowest BCUT2D eigenvalue weighted by Crippen LogP contribution is -2.21. The molecule has 0 bridgehead atoms. The third-order valence-corrected chi connectivity index (χ3v) is 3.48. The van der Waals surface area contributed by atoms with E-state index in [9.17, 15) is 4.79 Å². The first-order valence-corrected chi connectivity index (χ1v) is 5.34. The van der Waals surface area contributed by atoms with Gasteiger partial charge in [0, 0.05) is 18.3 Å². The molecule has 1 atom stereocenters. The summed E-state index contributed by atoms with van der Waals surface area (Å²) in [5.41, 5.74) is 1.49. The second kappa shape index (κ2) is 3.56. The molecule has 1 fully saturated rings. The lowest BCUT2D eigenvalue weighted by Gasteiger charge is -2.27. The van der Waals surface area contributed by atoms with Crippen molar-refractivity contribution in [3.8, 4) is 0 Å². The summed E-state index contributed by atoms with van der Waals surface area (Å²) < 4.78 is 0. The molecule has 1 unspecified atom stereocenters. The molecule has 74 valence electrons. The number of benzene rings is 1. The van der Waals surface area contributed by atoms with Crippen LogP contribution in [0.25, 0.3) is 0 Å². The van der Waals surface area contributed by atoms with Crippen LogP contribution in [0.2, 0.25) is 0 Å². The van der Waals surface area contributed by atoms with Crippen LogP contribution in [0.3, 0.4) is 0 Å². The van der Waals surface area contributed by atoms with Crippen LogP contribution >= 0.6 is 0 Å². The lowest BCUT2D eigenvalue weighted by atomic mass is 9.77. The molecule has 1 aromatic rings.